The maximum Gasteiger partial charge on any atom is 0.0649 e. The lowest BCUT2D eigenvalue weighted by Crippen LogP contribution is -1.98. The van der Waals surface area contributed by atoms with Crippen molar-refractivity contribution in [2.24, 2.45) is 4.99 Å². The highest BCUT2D eigenvalue weighted by molar-refractivity contribution is 6.11. The predicted octanol–water partition coefficient (Wildman–Crippen LogP) is 1.74. The van der Waals surface area contributed by atoms with Crippen LogP contribution in [0.3, 0.4) is 0 Å². The summed E-state index contributed by atoms with van der Waals surface area (Å²) in [5.74, 6) is 2.47. The third-order valence-electron chi connectivity index (χ3n) is 1.42. The number of allylic oxidation sites excluding steroid dienone is 6. The molecule has 1 heteroatoms. The van der Waals surface area contributed by atoms with Gasteiger partial charge in [-0.2, -0.15) is 0 Å². The van der Waals surface area contributed by atoms with Crippen molar-refractivity contribution in [3.63, 3.8) is 0 Å². The Hall–Kier alpha value is -1.55. The minimum Gasteiger partial charge on any atom is -0.288 e. The van der Waals surface area contributed by atoms with E-state index in [0.29, 0.717) is 0 Å². The van der Waals surface area contributed by atoms with Crippen LogP contribution in [0.25, 0.3) is 0 Å². The molecule has 1 rings (SSSR count). The molecule has 0 saturated heterocycles. The second kappa shape index (κ2) is 3.58. The Morgan fingerprint density at radius 3 is 2.82 bits per heavy atom. The van der Waals surface area contributed by atoms with Gasteiger partial charge >= 0.3 is 0 Å². The van der Waals surface area contributed by atoms with E-state index in [0.717, 1.165) is 11.3 Å². The molecule has 0 atom stereocenters. The fraction of sp³-hybridized carbons (Fsp3) is 0.100. The summed E-state index contributed by atoms with van der Waals surface area (Å²) in [6.07, 6.45) is 14.6. The first kappa shape index (κ1) is 7.56. The van der Waals surface area contributed by atoms with Crippen molar-refractivity contribution in [1.29, 1.82) is 0 Å². The molecule has 0 N–H and O–H groups in total. The average Bonchev–Trinajstić information content (AvgIpc) is 2.06. The molecule has 0 spiro atoms. The first-order chi connectivity index (χ1) is 5.38. The van der Waals surface area contributed by atoms with Gasteiger partial charge in [0.25, 0.3) is 0 Å². The van der Waals surface area contributed by atoms with Crippen molar-refractivity contribution in [2.75, 3.05) is 7.05 Å². The van der Waals surface area contributed by atoms with Gasteiger partial charge in [-0.25, -0.2) is 0 Å². The lowest BCUT2D eigenvalue weighted by Gasteiger charge is -2.02. The maximum atomic E-state index is 5.14. The fourth-order valence-corrected chi connectivity index (χ4v) is 0.903. The lowest BCUT2D eigenvalue weighted by molar-refractivity contribution is 1.43. The third kappa shape index (κ3) is 1.68. The van der Waals surface area contributed by atoms with E-state index in [2.05, 4.69) is 10.9 Å². The highest BCUT2D eigenvalue weighted by Gasteiger charge is 1.99. The van der Waals surface area contributed by atoms with Crippen LogP contribution in [0.4, 0.5) is 0 Å². The summed E-state index contributed by atoms with van der Waals surface area (Å²) in [6.45, 7) is 0. The molecule has 0 radical (unpaired) electrons. The molecule has 0 saturated carbocycles. The monoisotopic (exact) mass is 143 g/mol. The summed E-state index contributed by atoms with van der Waals surface area (Å²) < 4.78 is 0. The van der Waals surface area contributed by atoms with Gasteiger partial charge in [0.1, 0.15) is 0 Å². The molecule has 0 amide bonds. The quantitative estimate of drug-likeness (QED) is 0.458. The van der Waals surface area contributed by atoms with Crippen LogP contribution >= 0.6 is 0 Å². The molecule has 0 aromatic heterocycles. The molecule has 0 fully saturated rings. The summed E-state index contributed by atoms with van der Waals surface area (Å²) >= 11 is 0. The Labute approximate surface area is 66.8 Å². The molecule has 0 aromatic rings. The summed E-state index contributed by atoms with van der Waals surface area (Å²) in [6, 6.07) is 0. The zero-order valence-corrected chi connectivity index (χ0v) is 6.41. The summed E-state index contributed by atoms with van der Waals surface area (Å²) in [7, 11) is 1.75. The number of nitrogens with zero attached hydrogens (tertiary/aromatic N) is 1. The zero-order valence-electron chi connectivity index (χ0n) is 6.41. The molecule has 0 aromatic carbocycles. The Kier molecular flexibility index (Phi) is 2.46. The Bertz CT molecular complexity index is 295. The van der Waals surface area contributed by atoms with Crippen molar-refractivity contribution >= 4 is 5.71 Å². The number of aliphatic imine (C=N–C) groups is 1. The van der Waals surface area contributed by atoms with Crippen LogP contribution in [0.15, 0.2) is 40.9 Å². The van der Waals surface area contributed by atoms with Crippen molar-refractivity contribution in [3.05, 3.63) is 36.0 Å². The predicted molar refractivity (Wildman–Crippen MR) is 48.6 cm³/mol. The normalized spacial score (nSPS) is 22.5. The Morgan fingerprint density at radius 2 is 2.18 bits per heavy atom. The van der Waals surface area contributed by atoms with E-state index in [1.54, 1.807) is 13.1 Å². The van der Waals surface area contributed by atoms with Gasteiger partial charge in [-0.1, -0.05) is 24.1 Å². The van der Waals surface area contributed by atoms with E-state index in [9.17, 15) is 0 Å². The maximum absolute atomic E-state index is 5.14. The first-order valence-electron chi connectivity index (χ1n) is 3.36. The summed E-state index contributed by atoms with van der Waals surface area (Å²) in [4.78, 5) is 4.06. The highest BCUT2D eigenvalue weighted by atomic mass is 14.7. The van der Waals surface area contributed by atoms with Crippen LogP contribution in [0.1, 0.15) is 0 Å². The topological polar surface area (TPSA) is 12.4 Å². The first-order valence-corrected chi connectivity index (χ1v) is 3.36. The molecule has 0 unspecified atom stereocenters. The number of rotatable bonds is 0. The average molecular weight is 143 g/mol. The van der Waals surface area contributed by atoms with Crippen molar-refractivity contribution in [3.8, 4) is 12.3 Å². The van der Waals surface area contributed by atoms with Crippen molar-refractivity contribution in [1.82, 2.24) is 0 Å². The lowest BCUT2D eigenvalue weighted by atomic mass is 10.1. The van der Waals surface area contributed by atoms with Gasteiger partial charge in [0.05, 0.1) is 5.71 Å². The number of terminal acetylenes is 1. The van der Waals surface area contributed by atoms with E-state index in [1.807, 2.05) is 24.3 Å². The largest absolute Gasteiger partial charge is 0.288 e. The third-order valence-corrected chi connectivity index (χ3v) is 1.42. The SMILES string of the molecule is C#C/C=C1/C=CC=C/C1=N/C. The molecular formula is C10H9N. The van der Waals surface area contributed by atoms with Gasteiger partial charge in [-0.3, -0.25) is 4.99 Å². The minimum atomic E-state index is 0.936. The standard InChI is InChI=1S/C10H9N/c1-3-6-9-7-4-5-8-10(9)11-2/h1,4-8H,2H3/b9-6-,11-10-. The van der Waals surface area contributed by atoms with Crippen LogP contribution in [0.5, 0.6) is 0 Å². The van der Waals surface area contributed by atoms with Crippen LogP contribution in [-0.4, -0.2) is 12.8 Å². The molecule has 0 heterocycles. The van der Waals surface area contributed by atoms with E-state index in [1.165, 1.54) is 0 Å². The molecule has 54 valence electrons. The molecule has 1 nitrogen and oxygen atoms in total. The van der Waals surface area contributed by atoms with Crippen molar-refractivity contribution < 1.29 is 0 Å². The van der Waals surface area contributed by atoms with E-state index < -0.39 is 0 Å². The van der Waals surface area contributed by atoms with Gasteiger partial charge in [0.15, 0.2) is 0 Å². The van der Waals surface area contributed by atoms with Crippen LogP contribution in [0, 0.1) is 12.3 Å². The van der Waals surface area contributed by atoms with E-state index in [-0.39, 0.29) is 0 Å². The van der Waals surface area contributed by atoms with Gasteiger partial charge in [0, 0.05) is 12.6 Å². The minimum absolute atomic E-state index is 0.936. The smallest absolute Gasteiger partial charge is 0.0649 e. The molecular weight excluding hydrogens is 134 g/mol. The van der Waals surface area contributed by atoms with Crippen molar-refractivity contribution in [2.45, 2.75) is 0 Å². The fourth-order valence-electron chi connectivity index (χ4n) is 0.903. The van der Waals surface area contributed by atoms with E-state index >= 15 is 0 Å². The molecule has 11 heavy (non-hydrogen) atoms. The van der Waals surface area contributed by atoms with E-state index in [4.69, 9.17) is 6.42 Å². The van der Waals surface area contributed by atoms with Gasteiger partial charge in [0.2, 0.25) is 0 Å². The Morgan fingerprint density at radius 1 is 1.45 bits per heavy atom. The van der Waals surface area contributed by atoms with Crippen LogP contribution in [-0.2, 0) is 0 Å². The van der Waals surface area contributed by atoms with Gasteiger partial charge in [-0.05, 0) is 12.2 Å². The summed E-state index contributed by atoms with van der Waals surface area (Å²) in [5, 5.41) is 0. The molecule has 1 aliphatic rings. The second-order valence-corrected chi connectivity index (χ2v) is 2.09. The molecule has 0 bridgehead atoms. The van der Waals surface area contributed by atoms with Crippen LogP contribution < -0.4 is 0 Å². The zero-order chi connectivity index (χ0) is 8.10. The second-order valence-electron chi connectivity index (χ2n) is 2.09. The molecule has 0 aliphatic heterocycles. The van der Waals surface area contributed by atoms with Gasteiger partial charge < -0.3 is 0 Å². The van der Waals surface area contributed by atoms with Gasteiger partial charge in [-0.15, -0.1) is 6.42 Å². The Balaban J connectivity index is 3.00. The van der Waals surface area contributed by atoms with Crippen LogP contribution in [0.2, 0.25) is 0 Å². The number of hydrogen-bond donors (Lipinski definition) is 0. The number of hydrogen-bond acceptors (Lipinski definition) is 1. The summed E-state index contributed by atoms with van der Waals surface area (Å²) in [5.41, 5.74) is 1.93. The highest BCUT2D eigenvalue weighted by Crippen LogP contribution is 2.06. The molecule has 1 aliphatic carbocycles.